The molecule has 0 unspecified atom stereocenters. The molecule has 0 aliphatic rings. The van der Waals surface area contributed by atoms with Crippen LogP contribution in [-0.4, -0.2) is 35.6 Å². The Bertz CT molecular complexity index is 1050. The molecule has 4 heterocycles. The third kappa shape index (κ3) is 4.26. The van der Waals surface area contributed by atoms with Crippen molar-refractivity contribution in [3.05, 3.63) is 72.9 Å². The van der Waals surface area contributed by atoms with Crippen LogP contribution < -0.4 is 5.32 Å². The Kier molecular flexibility index (Phi) is 5.14. The topological polar surface area (TPSA) is 112 Å². The van der Waals surface area contributed by atoms with E-state index in [-0.39, 0.29) is 12.3 Å². The number of carbonyl (C=O) groups is 1. The van der Waals surface area contributed by atoms with Crippen LogP contribution >= 0.6 is 0 Å². The highest BCUT2D eigenvalue weighted by atomic mass is 16.5. The highest BCUT2D eigenvalue weighted by Gasteiger charge is 2.11. The molecule has 0 fully saturated rings. The fourth-order valence-corrected chi connectivity index (χ4v) is 2.57. The molecule has 0 bridgehead atoms. The maximum absolute atomic E-state index is 12.1. The lowest BCUT2D eigenvalue weighted by Crippen LogP contribution is -2.23. The Morgan fingerprint density at radius 3 is 2.93 bits per heavy atom. The van der Waals surface area contributed by atoms with Gasteiger partial charge < -0.3 is 9.84 Å². The predicted octanol–water partition coefficient (Wildman–Crippen LogP) is 1.96. The average Bonchev–Trinajstić information content (AvgIpc) is 3.44. The molecule has 0 aliphatic carbocycles. The molecule has 4 aromatic heterocycles. The average molecular weight is 375 g/mol. The molecule has 0 spiro atoms. The number of imidazole rings is 1. The van der Waals surface area contributed by atoms with Crippen LogP contribution in [0.25, 0.3) is 17.3 Å². The number of hydrogen-bond donors (Lipinski definition) is 1. The summed E-state index contributed by atoms with van der Waals surface area (Å²) in [7, 11) is 0. The van der Waals surface area contributed by atoms with Crippen molar-refractivity contribution < 1.29 is 9.32 Å². The fourth-order valence-electron chi connectivity index (χ4n) is 2.57. The number of nitrogens with one attached hydrogen (secondary N) is 1. The van der Waals surface area contributed by atoms with Gasteiger partial charge in [-0.05, 0) is 29.8 Å². The number of nitrogens with zero attached hydrogens (tertiary/aromatic N) is 6. The Morgan fingerprint density at radius 1 is 1.14 bits per heavy atom. The van der Waals surface area contributed by atoms with E-state index in [9.17, 15) is 4.79 Å². The van der Waals surface area contributed by atoms with E-state index < -0.39 is 0 Å². The van der Waals surface area contributed by atoms with Gasteiger partial charge in [0.05, 0.1) is 0 Å². The SMILES string of the molecule is O=C(CCc1nc(-c2ccccn2)no1)NCc1ccnc(-n2ccnc2)c1. The third-order valence-corrected chi connectivity index (χ3v) is 4.00. The molecule has 0 radical (unpaired) electrons. The largest absolute Gasteiger partial charge is 0.352 e. The molecule has 9 nitrogen and oxygen atoms in total. The number of amides is 1. The highest BCUT2D eigenvalue weighted by molar-refractivity contribution is 5.76. The van der Waals surface area contributed by atoms with Crippen molar-refractivity contribution in [2.24, 2.45) is 0 Å². The number of aromatic nitrogens is 6. The fraction of sp³-hybridized carbons (Fsp3) is 0.158. The van der Waals surface area contributed by atoms with E-state index in [0.717, 1.165) is 11.4 Å². The van der Waals surface area contributed by atoms with Gasteiger partial charge in [0.1, 0.15) is 17.8 Å². The molecular formula is C19H17N7O2. The highest BCUT2D eigenvalue weighted by Crippen LogP contribution is 2.13. The lowest BCUT2D eigenvalue weighted by Gasteiger charge is -2.06. The summed E-state index contributed by atoms with van der Waals surface area (Å²) in [6.07, 6.45) is 9.16. The van der Waals surface area contributed by atoms with Crippen LogP contribution in [0.1, 0.15) is 17.9 Å². The molecule has 1 amide bonds. The van der Waals surface area contributed by atoms with Crippen LogP contribution in [0.2, 0.25) is 0 Å². The quantitative estimate of drug-likeness (QED) is 0.525. The van der Waals surface area contributed by atoms with Crippen LogP contribution in [0.15, 0.2) is 66.0 Å². The van der Waals surface area contributed by atoms with Crippen molar-refractivity contribution in [1.82, 2.24) is 35.0 Å². The van der Waals surface area contributed by atoms with E-state index in [0.29, 0.717) is 30.4 Å². The molecule has 0 saturated heterocycles. The molecule has 9 heteroatoms. The maximum Gasteiger partial charge on any atom is 0.227 e. The first-order valence-corrected chi connectivity index (χ1v) is 8.72. The van der Waals surface area contributed by atoms with Crippen LogP contribution in [-0.2, 0) is 17.8 Å². The molecule has 0 atom stereocenters. The minimum Gasteiger partial charge on any atom is -0.352 e. The van der Waals surface area contributed by atoms with E-state index in [4.69, 9.17) is 4.52 Å². The lowest BCUT2D eigenvalue weighted by atomic mass is 10.2. The second-order valence-electron chi connectivity index (χ2n) is 6.00. The molecule has 0 aliphatic heterocycles. The van der Waals surface area contributed by atoms with E-state index in [1.807, 2.05) is 30.5 Å². The van der Waals surface area contributed by atoms with Crippen molar-refractivity contribution in [2.45, 2.75) is 19.4 Å². The maximum atomic E-state index is 12.1. The van der Waals surface area contributed by atoms with E-state index in [2.05, 4.69) is 30.4 Å². The smallest absolute Gasteiger partial charge is 0.227 e. The first-order valence-electron chi connectivity index (χ1n) is 8.72. The Balaban J connectivity index is 1.29. The molecule has 28 heavy (non-hydrogen) atoms. The summed E-state index contributed by atoms with van der Waals surface area (Å²) in [5, 5.41) is 6.78. The molecule has 1 N–H and O–H groups in total. The van der Waals surface area contributed by atoms with Gasteiger partial charge in [-0.3, -0.25) is 14.3 Å². The van der Waals surface area contributed by atoms with Gasteiger partial charge in [0.25, 0.3) is 0 Å². The van der Waals surface area contributed by atoms with Crippen LogP contribution in [0.3, 0.4) is 0 Å². The Hall–Kier alpha value is -3.88. The molecule has 4 rings (SSSR count). The summed E-state index contributed by atoms with van der Waals surface area (Å²) < 4.78 is 7.00. The molecule has 4 aromatic rings. The van der Waals surface area contributed by atoms with Gasteiger partial charge in [0, 0.05) is 44.2 Å². The van der Waals surface area contributed by atoms with Gasteiger partial charge in [-0.25, -0.2) is 9.97 Å². The zero-order valence-corrected chi connectivity index (χ0v) is 14.9. The summed E-state index contributed by atoms with van der Waals surface area (Å²) in [6, 6.07) is 9.23. The van der Waals surface area contributed by atoms with Crippen LogP contribution in [0.5, 0.6) is 0 Å². The van der Waals surface area contributed by atoms with Crippen LogP contribution in [0.4, 0.5) is 0 Å². The van der Waals surface area contributed by atoms with E-state index >= 15 is 0 Å². The summed E-state index contributed by atoms with van der Waals surface area (Å²) in [5.74, 6) is 1.47. The number of hydrogen-bond acceptors (Lipinski definition) is 7. The van der Waals surface area contributed by atoms with Gasteiger partial charge in [0.15, 0.2) is 0 Å². The Morgan fingerprint density at radius 2 is 2.11 bits per heavy atom. The monoisotopic (exact) mass is 375 g/mol. The zero-order chi connectivity index (χ0) is 19.2. The van der Waals surface area contributed by atoms with Gasteiger partial charge in [0.2, 0.25) is 17.6 Å². The van der Waals surface area contributed by atoms with Crippen molar-refractivity contribution >= 4 is 5.91 Å². The number of rotatable bonds is 7. The minimum absolute atomic E-state index is 0.0985. The number of pyridine rings is 2. The van der Waals surface area contributed by atoms with E-state index in [1.165, 1.54) is 0 Å². The zero-order valence-electron chi connectivity index (χ0n) is 14.9. The second kappa shape index (κ2) is 8.21. The lowest BCUT2D eigenvalue weighted by molar-refractivity contribution is -0.121. The number of aryl methyl sites for hydroxylation is 1. The van der Waals surface area contributed by atoms with Crippen molar-refractivity contribution in [2.75, 3.05) is 0 Å². The van der Waals surface area contributed by atoms with Gasteiger partial charge in [-0.1, -0.05) is 11.2 Å². The third-order valence-electron chi connectivity index (χ3n) is 4.00. The second-order valence-corrected chi connectivity index (χ2v) is 6.00. The molecule has 0 aromatic carbocycles. The molecule has 0 saturated carbocycles. The first kappa shape index (κ1) is 17.5. The number of carbonyl (C=O) groups excluding carboxylic acids is 1. The normalized spacial score (nSPS) is 10.7. The summed E-state index contributed by atoms with van der Waals surface area (Å²) in [4.78, 5) is 28.9. The first-order chi connectivity index (χ1) is 13.8. The van der Waals surface area contributed by atoms with Gasteiger partial charge in [-0.2, -0.15) is 4.98 Å². The molecule has 140 valence electrons. The minimum atomic E-state index is -0.0985. The van der Waals surface area contributed by atoms with Crippen LogP contribution in [0, 0.1) is 0 Å². The summed E-state index contributed by atoms with van der Waals surface area (Å²) >= 11 is 0. The molecular weight excluding hydrogens is 358 g/mol. The van der Waals surface area contributed by atoms with Crippen molar-refractivity contribution in [3.8, 4) is 17.3 Å². The summed E-state index contributed by atoms with van der Waals surface area (Å²) in [5.41, 5.74) is 1.58. The van der Waals surface area contributed by atoms with E-state index in [1.54, 1.807) is 35.6 Å². The van der Waals surface area contributed by atoms with Gasteiger partial charge in [-0.15, -0.1) is 0 Å². The Labute approximate surface area is 160 Å². The standard InChI is InChI=1S/C19H17N7O2/c27-17(4-5-18-24-19(25-28-18)15-3-1-2-7-21-15)23-12-14-6-8-22-16(11-14)26-10-9-20-13-26/h1-3,6-11,13H,4-5,12H2,(H,23,27). The predicted molar refractivity (Wildman–Crippen MR) is 99.1 cm³/mol. The van der Waals surface area contributed by atoms with Crippen molar-refractivity contribution in [3.63, 3.8) is 0 Å². The van der Waals surface area contributed by atoms with Crippen molar-refractivity contribution in [1.29, 1.82) is 0 Å². The summed E-state index contributed by atoms with van der Waals surface area (Å²) in [6.45, 7) is 0.409. The van der Waals surface area contributed by atoms with Gasteiger partial charge >= 0.3 is 0 Å².